The average molecular weight is 447 g/mol. The molecule has 2 aromatic rings. The maximum Gasteiger partial charge on any atom is 0.273 e. The van der Waals surface area contributed by atoms with Crippen LogP contribution in [0.2, 0.25) is 5.02 Å². The summed E-state index contributed by atoms with van der Waals surface area (Å²) in [5, 5.41) is -0.588. The van der Waals surface area contributed by atoms with Gasteiger partial charge in [0.25, 0.3) is 11.8 Å². The second-order valence-electron chi connectivity index (χ2n) is 7.65. The molecule has 2 aliphatic rings. The Bertz CT molecular complexity index is 1010. The van der Waals surface area contributed by atoms with E-state index in [9.17, 15) is 27.2 Å². The van der Waals surface area contributed by atoms with Gasteiger partial charge in [-0.3, -0.25) is 14.5 Å². The van der Waals surface area contributed by atoms with E-state index in [-0.39, 0.29) is 48.7 Å². The predicted molar refractivity (Wildman–Crippen MR) is 102 cm³/mol. The van der Waals surface area contributed by atoms with E-state index < -0.39 is 47.6 Å². The zero-order valence-electron chi connectivity index (χ0n) is 16.0. The Morgan fingerprint density at radius 3 is 2.30 bits per heavy atom. The summed E-state index contributed by atoms with van der Waals surface area (Å²) in [6, 6.07) is 1.71. The number of amides is 2. The molecule has 0 saturated carbocycles. The van der Waals surface area contributed by atoms with Crippen molar-refractivity contribution >= 4 is 34.3 Å². The smallest absolute Gasteiger partial charge is 0.273 e. The molecule has 0 unspecified atom stereocenters. The van der Waals surface area contributed by atoms with Crippen LogP contribution >= 0.6 is 11.6 Å². The number of nitrogens with one attached hydrogen (secondary N) is 1. The summed E-state index contributed by atoms with van der Waals surface area (Å²) in [5.41, 5.74) is -0.121. The number of nitrogens with zero attached hydrogens (tertiary/aromatic N) is 3. The number of carbonyl (C=O) groups excluding carboxylic acids is 2. The largest absolute Gasteiger partial charge is 0.348 e. The third-order valence-electron chi connectivity index (χ3n) is 5.66. The Hall–Kier alpha value is -2.33. The molecule has 1 atom stereocenters. The molecule has 1 aromatic carbocycles. The van der Waals surface area contributed by atoms with Gasteiger partial charge in [0.1, 0.15) is 11.5 Å². The highest BCUT2D eigenvalue weighted by Crippen LogP contribution is 2.31. The van der Waals surface area contributed by atoms with E-state index in [1.807, 2.05) is 0 Å². The van der Waals surface area contributed by atoms with E-state index in [0.717, 1.165) is 6.07 Å². The van der Waals surface area contributed by atoms with Crippen molar-refractivity contribution in [3.05, 3.63) is 34.5 Å². The highest BCUT2D eigenvalue weighted by molar-refractivity contribution is 6.35. The van der Waals surface area contributed by atoms with E-state index in [4.69, 9.17) is 11.6 Å². The van der Waals surface area contributed by atoms with Crippen LogP contribution in [0.5, 0.6) is 0 Å². The first-order valence-electron chi connectivity index (χ1n) is 9.44. The molecule has 4 rings (SSSR count). The molecule has 2 saturated heterocycles. The molecule has 30 heavy (non-hydrogen) atoms. The minimum atomic E-state index is -2.75. The number of aromatic amines is 1. The summed E-state index contributed by atoms with van der Waals surface area (Å²) < 4.78 is 54.4. The molecule has 162 valence electrons. The number of hydrogen-bond acceptors (Lipinski definition) is 3. The first kappa shape index (κ1) is 20.9. The number of benzene rings is 1. The zero-order valence-corrected chi connectivity index (χ0v) is 16.8. The summed E-state index contributed by atoms with van der Waals surface area (Å²) in [4.78, 5) is 32.2. The molecule has 6 nitrogen and oxygen atoms in total. The highest BCUT2D eigenvalue weighted by atomic mass is 35.5. The fourth-order valence-electron chi connectivity index (χ4n) is 3.86. The fraction of sp³-hybridized carbons (Fsp3) is 0.474. The number of hydrogen-bond donors (Lipinski definition) is 1. The lowest BCUT2D eigenvalue weighted by molar-refractivity contribution is -0.163. The Morgan fingerprint density at radius 2 is 1.70 bits per heavy atom. The molecule has 0 bridgehead atoms. The monoisotopic (exact) mass is 446 g/mol. The van der Waals surface area contributed by atoms with Gasteiger partial charge in [-0.2, -0.15) is 0 Å². The quantitative estimate of drug-likeness (QED) is 0.738. The van der Waals surface area contributed by atoms with Gasteiger partial charge in [-0.25, -0.2) is 17.6 Å². The number of piperazine rings is 1. The second-order valence-corrected chi connectivity index (χ2v) is 8.03. The van der Waals surface area contributed by atoms with Crippen molar-refractivity contribution in [2.45, 2.75) is 18.9 Å². The van der Waals surface area contributed by atoms with E-state index >= 15 is 0 Å². The first-order valence-corrected chi connectivity index (χ1v) is 9.82. The van der Waals surface area contributed by atoms with Crippen molar-refractivity contribution in [3.8, 4) is 0 Å². The Balaban J connectivity index is 1.41. The maximum atomic E-state index is 14.7. The topological polar surface area (TPSA) is 59.7 Å². The molecule has 1 N–H and O–H groups in total. The number of carbonyl (C=O) groups is 2. The molecule has 1 aromatic heterocycles. The van der Waals surface area contributed by atoms with Crippen LogP contribution in [0.1, 0.15) is 17.4 Å². The van der Waals surface area contributed by atoms with Crippen LogP contribution in [-0.4, -0.2) is 82.7 Å². The number of aromatic nitrogens is 1. The van der Waals surface area contributed by atoms with Gasteiger partial charge in [0.05, 0.1) is 35.1 Å². The van der Waals surface area contributed by atoms with Gasteiger partial charge in [0.2, 0.25) is 5.91 Å². The molecule has 2 amide bonds. The molecular weight excluding hydrogens is 428 g/mol. The highest BCUT2D eigenvalue weighted by Gasteiger charge is 2.47. The van der Waals surface area contributed by atoms with E-state index in [0.29, 0.717) is 0 Å². The minimum absolute atomic E-state index is 0.157. The van der Waals surface area contributed by atoms with Crippen molar-refractivity contribution in [2.24, 2.45) is 0 Å². The van der Waals surface area contributed by atoms with Crippen molar-refractivity contribution < 1.29 is 27.2 Å². The van der Waals surface area contributed by atoms with Gasteiger partial charge >= 0.3 is 0 Å². The zero-order chi connectivity index (χ0) is 21.8. The van der Waals surface area contributed by atoms with Gasteiger partial charge in [-0.05, 0) is 19.1 Å². The lowest BCUT2D eigenvalue weighted by Gasteiger charge is -2.44. The maximum absolute atomic E-state index is 14.7. The third-order valence-corrected chi connectivity index (χ3v) is 6.03. The number of H-pyrrole nitrogens is 1. The molecule has 0 radical (unpaired) electrons. The number of rotatable bonds is 3. The second kappa shape index (κ2) is 7.42. The van der Waals surface area contributed by atoms with Gasteiger partial charge in [0.15, 0.2) is 5.82 Å². The van der Waals surface area contributed by atoms with Crippen molar-refractivity contribution in [1.82, 2.24) is 19.7 Å². The van der Waals surface area contributed by atoms with Crippen molar-refractivity contribution in [3.63, 3.8) is 0 Å². The number of halogens is 5. The van der Waals surface area contributed by atoms with Crippen LogP contribution in [0.15, 0.2) is 12.1 Å². The Labute approximate surface area is 174 Å². The molecule has 3 heterocycles. The van der Waals surface area contributed by atoms with Gasteiger partial charge in [0, 0.05) is 26.2 Å². The molecule has 11 heteroatoms. The summed E-state index contributed by atoms with van der Waals surface area (Å²) in [6.45, 7) is 1.42. The molecule has 0 spiro atoms. The van der Waals surface area contributed by atoms with Gasteiger partial charge < -0.3 is 14.8 Å². The van der Waals surface area contributed by atoms with E-state index in [2.05, 4.69) is 4.98 Å². The van der Waals surface area contributed by atoms with Gasteiger partial charge in [-0.1, -0.05) is 11.6 Å². The van der Waals surface area contributed by atoms with Gasteiger partial charge in [-0.15, -0.1) is 0 Å². The molecule has 0 aliphatic carbocycles. The average Bonchev–Trinajstić information content (AvgIpc) is 3.04. The predicted octanol–water partition coefficient (Wildman–Crippen LogP) is 2.72. The fourth-order valence-corrected chi connectivity index (χ4v) is 4.11. The summed E-state index contributed by atoms with van der Waals surface area (Å²) in [6.07, 6.45) is 0. The molecule has 2 aliphatic heterocycles. The van der Waals surface area contributed by atoms with Crippen LogP contribution in [0, 0.1) is 11.6 Å². The summed E-state index contributed by atoms with van der Waals surface area (Å²) >= 11 is 5.82. The summed E-state index contributed by atoms with van der Waals surface area (Å²) in [7, 11) is 0. The van der Waals surface area contributed by atoms with E-state index in [1.54, 1.807) is 6.92 Å². The Morgan fingerprint density at radius 1 is 1.10 bits per heavy atom. The van der Waals surface area contributed by atoms with Crippen LogP contribution in [0.4, 0.5) is 17.6 Å². The Kier molecular flexibility index (Phi) is 5.17. The first-order chi connectivity index (χ1) is 14.1. The lowest BCUT2D eigenvalue weighted by Crippen LogP contribution is -2.63. The molecular formula is C19H19ClF4N4O2. The van der Waals surface area contributed by atoms with Crippen LogP contribution < -0.4 is 0 Å². The number of fused-ring (bicyclic) bond motifs is 1. The number of likely N-dealkylation sites (tertiary alicyclic amines) is 1. The minimum Gasteiger partial charge on any atom is -0.348 e. The standard InChI is InChI=1S/C19H19ClF4N4O2/c1-10(28-8-19(23,24)9-28)17(29)26-4-6-27(7-5-26)18(30)16-15(22)13-12(25-16)3-2-11(21)14(13)20/h2-3,10,25H,4-9H2,1H3/t10-/m1/s1. The van der Waals surface area contributed by atoms with Crippen molar-refractivity contribution in [1.29, 1.82) is 0 Å². The summed E-state index contributed by atoms with van der Waals surface area (Å²) in [5.74, 6) is -5.37. The van der Waals surface area contributed by atoms with Crippen LogP contribution in [0.25, 0.3) is 10.9 Å². The number of alkyl halides is 2. The lowest BCUT2D eigenvalue weighted by atomic mass is 10.1. The third kappa shape index (κ3) is 3.51. The van der Waals surface area contributed by atoms with Crippen LogP contribution in [-0.2, 0) is 4.79 Å². The van der Waals surface area contributed by atoms with E-state index in [1.165, 1.54) is 20.8 Å². The SMILES string of the molecule is C[C@H](C(=O)N1CCN(C(=O)c2[nH]c3ccc(F)c(Cl)c3c2F)CC1)N1CC(F)(F)C1. The normalized spacial score (nSPS) is 20.3. The molecule has 2 fully saturated rings. The van der Waals surface area contributed by atoms with Crippen LogP contribution in [0.3, 0.4) is 0 Å². The van der Waals surface area contributed by atoms with Crippen molar-refractivity contribution in [2.75, 3.05) is 39.3 Å².